The zero-order valence-corrected chi connectivity index (χ0v) is 17.2. The summed E-state index contributed by atoms with van der Waals surface area (Å²) in [5.74, 6) is -0.402. The Kier molecular flexibility index (Phi) is 6.09. The summed E-state index contributed by atoms with van der Waals surface area (Å²) in [4.78, 5) is 33.3. The average Bonchev–Trinajstić information content (AvgIpc) is 2.79. The van der Waals surface area contributed by atoms with Gasteiger partial charge >= 0.3 is 0 Å². The number of nitrogens with two attached hydrogens (primary N) is 2. The highest BCUT2D eigenvalue weighted by molar-refractivity contribution is 6.07. The summed E-state index contributed by atoms with van der Waals surface area (Å²) >= 11 is 0. The number of hydrogen-bond donors (Lipinski definition) is 2. The van der Waals surface area contributed by atoms with Crippen molar-refractivity contribution in [3.8, 4) is 17.3 Å². The molecule has 4 N–H and O–H groups in total. The number of carbonyl (C=O) groups excluding carboxylic acids is 1. The summed E-state index contributed by atoms with van der Waals surface area (Å²) in [6.07, 6.45) is 5.67. The first kappa shape index (κ1) is 21.6. The van der Waals surface area contributed by atoms with E-state index in [4.69, 9.17) is 11.5 Å². The highest BCUT2D eigenvalue weighted by Gasteiger charge is 2.21. The summed E-state index contributed by atoms with van der Waals surface area (Å²) in [5, 5.41) is 9.35. The number of allylic oxidation sites excluding steroid dienone is 1. The van der Waals surface area contributed by atoms with Gasteiger partial charge in [-0.3, -0.25) is 19.1 Å². The fourth-order valence-corrected chi connectivity index (χ4v) is 2.88. The van der Waals surface area contributed by atoms with Crippen LogP contribution in [0.15, 0.2) is 65.9 Å². The predicted molar refractivity (Wildman–Crippen MR) is 117 cm³/mol. The molecule has 8 nitrogen and oxygen atoms in total. The molecule has 2 heterocycles. The highest BCUT2D eigenvalue weighted by atomic mass is 16.1. The first-order valence-electron chi connectivity index (χ1n) is 9.53. The van der Waals surface area contributed by atoms with Crippen molar-refractivity contribution < 1.29 is 4.79 Å². The molecule has 0 radical (unpaired) electrons. The van der Waals surface area contributed by atoms with E-state index in [2.05, 4.69) is 16.0 Å². The maximum atomic E-state index is 12.7. The van der Waals surface area contributed by atoms with Gasteiger partial charge in [0.1, 0.15) is 11.2 Å². The van der Waals surface area contributed by atoms with E-state index < -0.39 is 11.3 Å². The standard InChI is InChI=1S/C23H22N6O2/c1-23(2,14-25)29-13-17(7-8-22(29)31)19-11-27-12-20(28-19)21(30)9-18(26)16-5-3-15(10-24)4-6-16/h3-9,11-13H,10,24,26H2,1-2H3. The van der Waals surface area contributed by atoms with Crippen LogP contribution in [0.3, 0.4) is 0 Å². The van der Waals surface area contributed by atoms with Crippen LogP contribution in [0.5, 0.6) is 0 Å². The Morgan fingerprint density at radius 2 is 1.90 bits per heavy atom. The van der Waals surface area contributed by atoms with E-state index in [1.807, 2.05) is 12.1 Å². The number of aromatic nitrogens is 3. The lowest BCUT2D eigenvalue weighted by Gasteiger charge is -2.19. The molecule has 2 aromatic heterocycles. The molecule has 0 unspecified atom stereocenters. The summed E-state index contributed by atoms with van der Waals surface area (Å²) in [7, 11) is 0. The van der Waals surface area contributed by atoms with Crippen molar-refractivity contribution in [1.29, 1.82) is 5.26 Å². The molecule has 1 aromatic carbocycles. The maximum absolute atomic E-state index is 12.7. The van der Waals surface area contributed by atoms with E-state index in [-0.39, 0.29) is 11.3 Å². The quantitative estimate of drug-likeness (QED) is 0.465. The number of nitriles is 1. The van der Waals surface area contributed by atoms with E-state index >= 15 is 0 Å². The Balaban J connectivity index is 1.93. The molecule has 0 amide bonds. The van der Waals surface area contributed by atoms with Crippen molar-refractivity contribution >= 4 is 11.5 Å². The predicted octanol–water partition coefficient (Wildman–Crippen LogP) is 2.21. The number of ketones is 1. The third-order valence-corrected chi connectivity index (χ3v) is 4.78. The molecule has 0 spiro atoms. The lowest BCUT2D eigenvalue weighted by molar-refractivity contribution is 0.104. The summed E-state index contributed by atoms with van der Waals surface area (Å²) in [5.41, 5.74) is 13.3. The molecule has 0 saturated heterocycles. The minimum Gasteiger partial charge on any atom is -0.398 e. The fraction of sp³-hybridized carbons (Fsp3) is 0.174. The normalized spacial score (nSPS) is 11.7. The highest BCUT2D eigenvalue weighted by Crippen LogP contribution is 2.19. The van der Waals surface area contributed by atoms with Crippen molar-refractivity contribution in [3.05, 3.63) is 88.2 Å². The Bertz CT molecular complexity index is 1250. The number of benzene rings is 1. The topological polar surface area (TPSA) is 141 Å². The van der Waals surface area contributed by atoms with Gasteiger partial charge in [0.15, 0.2) is 0 Å². The van der Waals surface area contributed by atoms with Crippen molar-refractivity contribution in [2.24, 2.45) is 11.5 Å². The van der Waals surface area contributed by atoms with Crippen LogP contribution in [0.2, 0.25) is 0 Å². The van der Waals surface area contributed by atoms with E-state index in [1.54, 1.807) is 32.0 Å². The molecule has 3 rings (SSSR count). The number of pyridine rings is 1. The van der Waals surface area contributed by atoms with Crippen LogP contribution in [-0.4, -0.2) is 20.3 Å². The monoisotopic (exact) mass is 414 g/mol. The second-order valence-electron chi connectivity index (χ2n) is 7.45. The molecule has 3 aromatic rings. The molecule has 0 atom stereocenters. The molecule has 0 aliphatic rings. The zero-order chi connectivity index (χ0) is 22.6. The Labute approximate surface area is 179 Å². The molecular weight excluding hydrogens is 392 g/mol. The average molecular weight is 414 g/mol. The van der Waals surface area contributed by atoms with E-state index in [0.717, 1.165) is 5.56 Å². The van der Waals surface area contributed by atoms with Crippen LogP contribution in [0, 0.1) is 11.3 Å². The third-order valence-electron chi connectivity index (χ3n) is 4.78. The number of carbonyl (C=O) groups is 1. The van der Waals surface area contributed by atoms with Gasteiger partial charge in [0, 0.05) is 36.1 Å². The Morgan fingerprint density at radius 3 is 2.55 bits per heavy atom. The molecule has 156 valence electrons. The van der Waals surface area contributed by atoms with Gasteiger partial charge < -0.3 is 11.5 Å². The smallest absolute Gasteiger partial charge is 0.251 e. The van der Waals surface area contributed by atoms with Gasteiger partial charge in [-0.1, -0.05) is 24.3 Å². The number of hydrogen-bond acceptors (Lipinski definition) is 7. The van der Waals surface area contributed by atoms with Gasteiger partial charge in [0.2, 0.25) is 5.78 Å². The van der Waals surface area contributed by atoms with Crippen LogP contribution < -0.4 is 17.0 Å². The molecule has 8 heteroatoms. The van der Waals surface area contributed by atoms with Crippen LogP contribution >= 0.6 is 0 Å². The van der Waals surface area contributed by atoms with Crippen LogP contribution in [-0.2, 0) is 12.1 Å². The lowest BCUT2D eigenvalue weighted by Crippen LogP contribution is -2.34. The van der Waals surface area contributed by atoms with E-state index in [9.17, 15) is 14.9 Å². The van der Waals surface area contributed by atoms with Crippen LogP contribution in [0.1, 0.15) is 35.5 Å². The van der Waals surface area contributed by atoms with Gasteiger partial charge in [-0.15, -0.1) is 0 Å². The molecule has 0 saturated carbocycles. The maximum Gasteiger partial charge on any atom is 0.251 e. The van der Waals surface area contributed by atoms with Crippen molar-refractivity contribution in [2.45, 2.75) is 25.9 Å². The van der Waals surface area contributed by atoms with Gasteiger partial charge in [-0.05, 0) is 31.0 Å². The largest absolute Gasteiger partial charge is 0.398 e. The summed E-state index contributed by atoms with van der Waals surface area (Å²) < 4.78 is 1.32. The summed E-state index contributed by atoms with van der Waals surface area (Å²) in [6.45, 7) is 3.69. The van der Waals surface area contributed by atoms with E-state index in [0.29, 0.717) is 29.1 Å². The second-order valence-corrected chi connectivity index (χ2v) is 7.45. The zero-order valence-electron chi connectivity index (χ0n) is 17.2. The minimum absolute atomic E-state index is 0.108. The first-order valence-corrected chi connectivity index (χ1v) is 9.53. The van der Waals surface area contributed by atoms with E-state index in [1.165, 1.54) is 35.3 Å². The van der Waals surface area contributed by atoms with Crippen LogP contribution in [0.25, 0.3) is 17.0 Å². The van der Waals surface area contributed by atoms with Crippen LogP contribution in [0.4, 0.5) is 0 Å². The Morgan fingerprint density at radius 1 is 1.19 bits per heavy atom. The van der Waals surface area contributed by atoms with Gasteiger partial charge in [-0.25, -0.2) is 4.98 Å². The SMILES string of the molecule is CC(C)(C#N)n1cc(-c2cncc(C(=O)C=C(N)c3ccc(CN)cc3)n2)ccc1=O. The fourth-order valence-electron chi connectivity index (χ4n) is 2.88. The van der Waals surface area contributed by atoms with Crippen molar-refractivity contribution in [2.75, 3.05) is 0 Å². The van der Waals surface area contributed by atoms with Gasteiger partial charge in [0.25, 0.3) is 5.56 Å². The minimum atomic E-state index is -1.04. The van der Waals surface area contributed by atoms with Crippen molar-refractivity contribution in [3.63, 3.8) is 0 Å². The molecule has 31 heavy (non-hydrogen) atoms. The first-order chi connectivity index (χ1) is 14.7. The number of rotatable bonds is 6. The molecule has 0 fully saturated rings. The molecule has 0 aliphatic heterocycles. The lowest BCUT2D eigenvalue weighted by atomic mass is 10.1. The van der Waals surface area contributed by atoms with Crippen molar-refractivity contribution in [1.82, 2.24) is 14.5 Å². The summed E-state index contributed by atoms with van der Waals surface area (Å²) in [6, 6.07) is 12.3. The molecule has 0 aliphatic carbocycles. The van der Waals surface area contributed by atoms with Gasteiger partial charge in [-0.2, -0.15) is 5.26 Å². The Hall–Kier alpha value is -4.09. The third kappa shape index (κ3) is 4.74. The second kappa shape index (κ2) is 8.73. The molecule has 0 bridgehead atoms. The van der Waals surface area contributed by atoms with Gasteiger partial charge in [0.05, 0.1) is 24.2 Å². The number of nitrogens with zero attached hydrogens (tertiary/aromatic N) is 4. The molecular formula is C23H22N6O2.